The van der Waals surface area contributed by atoms with E-state index in [1.54, 1.807) is 54.6 Å². The first-order chi connectivity index (χ1) is 18.0. The van der Waals surface area contributed by atoms with Crippen LogP contribution in [0.25, 0.3) is 0 Å². The maximum Gasteiger partial charge on any atom is 0.272 e. The van der Waals surface area contributed by atoms with E-state index in [0.29, 0.717) is 28.5 Å². The van der Waals surface area contributed by atoms with Crippen LogP contribution in [0.3, 0.4) is 0 Å². The summed E-state index contributed by atoms with van der Waals surface area (Å²) in [5, 5.41) is 3.14. The van der Waals surface area contributed by atoms with Crippen molar-refractivity contribution in [2.24, 2.45) is 0 Å². The lowest BCUT2D eigenvalue weighted by Gasteiger charge is -2.35. The molecule has 0 radical (unpaired) electrons. The highest BCUT2D eigenvalue weighted by Crippen LogP contribution is 2.35. The van der Waals surface area contributed by atoms with Crippen molar-refractivity contribution in [3.05, 3.63) is 78.3 Å². The first-order valence-corrected chi connectivity index (χ1v) is 12.7. The maximum atomic E-state index is 14.1. The van der Waals surface area contributed by atoms with Crippen molar-refractivity contribution in [3.8, 4) is 11.5 Å². The smallest absolute Gasteiger partial charge is 0.272 e. The van der Waals surface area contributed by atoms with Crippen LogP contribution in [0.5, 0.6) is 11.5 Å². The van der Waals surface area contributed by atoms with E-state index in [2.05, 4.69) is 5.32 Å². The van der Waals surface area contributed by atoms with E-state index >= 15 is 0 Å². The minimum Gasteiger partial charge on any atom is -0.485 e. The Morgan fingerprint density at radius 1 is 0.919 bits per heavy atom. The number of benzene rings is 2. The second kappa shape index (κ2) is 10.9. The van der Waals surface area contributed by atoms with Crippen molar-refractivity contribution in [3.63, 3.8) is 0 Å². The van der Waals surface area contributed by atoms with Gasteiger partial charge < -0.3 is 19.2 Å². The quantitative estimate of drug-likeness (QED) is 0.464. The molecule has 0 bridgehead atoms. The number of carbonyl (C=O) groups is 3. The molecule has 2 aliphatic rings. The van der Waals surface area contributed by atoms with E-state index in [0.717, 1.165) is 32.1 Å². The zero-order valence-corrected chi connectivity index (χ0v) is 20.7. The number of nitrogens with one attached hydrogen (secondary N) is 1. The van der Waals surface area contributed by atoms with Crippen LogP contribution < -0.4 is 19.7 Å². The zero-order chi connectivity index (χ0) is 25.8. The first-order valence-electron chi connectivity index (χ1n) is 12.7. The van der Waals surface area contributed by atoms with Gasteiger partial charge in [-0.15, -0.1) is 0 Å². The minimum absolute atomic E-state index is 0.00695. The third-order valence-electron chi connectivity index (χ3n) is 6.84. The summed E-state index contributed by atoms with van der Waals surface area (Å²) in [5.74, 6) is 0.465. The first kappa shape index (κ1) is 24.6. The normalized spacial score (nSPS) is 18.0. The third-order valence-corrected chi connectivity index (χ3v) is 6.84. The molecule has 1 aliphatic carbocycles. The topological polar surface area (TPSA) is 98.1 Å². The fourth-order valence-electron chi connectivity index (χ4n) is 4.90. The average Bonchev–Trinajstić information content (AvgIpc) is 3.46. The number of nitrogens with zero attached hydrogens (tertiary/aromatic N) is 1. The molecule has 1 N–H and O–H groups in total. The highest BCUT2D eigenvalue weighted by molar-refractivity contribution is 6.04. The number of rotatable bonds is 7. The maximum absolute atomic E-state index is 14.1. The SMILES string of the molecule is CC(=O)c1ccc(N(C(=O)[C@H]2COc3ccccc3O2)[C@H](C(=O)NC2CCCCC2)c2ccco2)cc1. The van der Waals surface area contributed by atoms with E-state index in [9.17, 15) is 14.4 Å². The van der Waals surface area contributed by atoms with Crippen molar-refractivity contribution in [2.45, 2.75) is 57.2 Å². The van der Waals surface area contributed by atoms with Crippen LogP contribution >= 0.6 is 0 Å². The summed E-state index contributed by atoms with van der Waals surface area (Å²) in [6, 6.07) is 16.1. The Labute approximate surface area is 215 Å². The zero-order valence-electron chi connectivity index (χ0n) is 20.7. The molecular weight excluding hydrogens is 472 g/mol. The summed E-state index contributed by atoms with van der Waals surface area (Å²) in [7, 11) is 0. The van der Waals surface area contributed by atoms with Crippen LogP contribution in [0.4, 0.5) is 5.69 Å². The lowest BCUT2D eigenvalue weighted by Crippen LogP contribution is -2.52. The van der Waals surface area contributed by atoms with Crippen molar-refractivity contribution < 1.29 is 28.3 Å². The summed E-state index contributed by atoms with van der Waals surface area (Å²) < 4.78 is 17.5. The number of ether oxygens (including phenoxy) is 2. The number of Topliss-reactive ketones (excluding diaryl/α,β-unsaturated/α-hetero) is 1. The summed E-state index contributed by atoms with van der Waals surface area (Å²) in [6.45, 7) is 1.47. The van der Waals surface area contributed by atoms with E-state index in [-0.39, 0.29) is 24.3 Å². The second-order valence-corrected chi connectivity index (χ2v) is 9.44. The molecule has 37 heavy (non-hydrogen) atoms. The third kappa shape index (κ3) is 5.38. The van der Waals surface area contributed by atoms with Crippen LogP contribution in [-0.4, -0.2) is 36.4 Å². The molecule has 1 aromatic heterocycles. The van der Waals surface area contributed by atoms with E-state index in [4.69, 9.17) is 13.9 Å². The van der Waals surface area contributed by atoms with Gasteiger partial charge in [0.2, 0.25) is 6.10 Å². The van der Waals surface area contributed by atoms with Gasteiger partial charge in [-0.25, -0.2) is 0 Å². The fraction of sp³-hybridized carbons (Fsp3) is 0.345. The van der Waals surface area contributed by atoms with Crippen molar-refractivity contribution in [2.75, 3.05) is 11.5 Å². The second-order valence-electron chi connectivity index (χ2n) is 9.44. The molecule has 8 nitrogen and oxygen atoms in total. The average molecular weight is 503 g/mol. The summed E-state index contributed by atoms with van der Waals surface area (Å²) >= 11 is 0. The predicted molar refractivity (Wildman–Crippen MR) is 137 cm³/mol. The van der Waals surface area contributed by atoms with Crippen LogP contribution in [-0.2, 0) is 9.59 Å². The van der Waals surface area contributed by atoms with Gasteiger partial charge in [0.1, 0.15) is 12.4 Å². The summed E-state index contributed by atoms with van der Waals surface area (Å²) in [4.78, 5) is 41.2. The number of fused-ring (bicyclic) bond motifs is 1. The molecule has 1 aliphatic heterocycles. The lowest BCUT2D eigenvalue weighted by molar-refractivity contribution is -0.132. The summed E-state index contributed by atoms with van der Waals surface area (Å²) in [6.07, 6.45) is 5.55. The number of para-hydroxylation sites is 2. The number of furan rings is 1. The van der Waals surface area contributed by atoms with Crippen molar-refractivity contribution in [1.29, 1.82) is 0 Å². The van der Waals surface area contributed by atoms with Crippen LogP contribution in [0.1, 0.15) is 61.2 Å². The van der Waals surface area contributed by atoms with E-state index in [1.165, 1.54) is 18.1 Å². The molecule has 5 rings (SSSR count). The lowest BCUT2D eigenvalue weighted by atomic mass is 9.95. The standard InChI is InChI=1S/C29H30N2O6/c1-19(32)20-13-15-22(16-14-20)31(29(34)26-18-36-23-10-5-6-11-24(23)37-26)27(25-12-7-17-35-25)28(33)30-21-8-3-2-4-9-21/h5-7,10-17,21,26-27H,2-4,8-9,18H2,1H3,(H,30,33)/t26-,27+/m1/s1. The van der Waals surface area contributed by atoms with Gasteiger partial charge in [0.25, 0.3) is 11.8 Å². The van der Waals surface area contributed by atoms with Crippen molar-refractivity contribution in [1.82, 2.24) is 5.32 Å². The van der Waals surface area contributed by atoms with Crippen LogP contribution in [0.15, 0.2) is 71.3 Å². The van der Waals surface area contributed by atoms with E-state index < -0.39 is 18.1 Å². The Morgan fingerprint density at radius 3 is 2.32 bits per heavy atom. The number of carbonyl (C=O) groups excluding carboxylic acids is 3. The Morgan fingerprint density at radius 2 is 1.65 bits per heavy atom. The van der Waals surface area contributed by atoms with Gasteiger partial charge in [0.05, 0.1) is 6.26 Å². The number of ketones is 1. The molecule has 2 amide bonds. The molecule has 3 aromatic rings. The van der Waals surface area contributed by atoms with Crippen LogP contribution in [0, 0.1) is 0 Å². The molecule has 0 spiro atoms. The Bertz CT molecular complexity index is 1250. The number of hydrogen-bond acceptors (Lipinski definition) is 6. The van der Waals surface area contributed by atoms with Gasteiger partial charge in [-0.1, -0.05) is 31.4 Å². The van der Waals surface area contributed by atoms with Gasteiger partial charge >= 0.3 is 0 Å². The van der Waals surface area contributed by atoms with Gasteiger partial charge in [0, 0.05) is 17.3 Å². The molecule has 2 atom stereocenters. The molecule has 8 heteroatoms. The van der Waals surface area contributed by atoms with Crippen LogP contribution in [0.2, 0.25) is 0 Å². The van der Waals surface area contributed by atoms with Gasteiger partial charge in [-0.3, -0.25) is 19.3 Å². The molecule has 1 fully saturated rings. The monoisotopic (exact) mass is 502 g/mol. The molecule has 1 saturated carbocycles. The van der Waals surface area contributed by atoms with Gasteiger partial charge in [0.15, 0.2) is 23.3 Å². The van der Waals surface area contributed by atoms with E-state index in [1.807, 2.05) is 6.07 Å². The Hall–Kier alpha value is -4.07. The van der Waals surface area contributed by atoms with Gasteiger partial charge in [-0.2, -0.15) is 0 Å². The highest BCUT2D eigenvalue weighted by atomic mass is 16.6. The molecular formula is C29H30N2O6. The summed E-state index contributed by atoms with van der Waals surface area (Å²) in [5.41, 5.74) is 0.946. The van der Waals surface area contributed by atoms with Crippen molar-refractivity contribution >= 4 is 23.3 Å². The Kier molecular flexibility index (Phi) is 7.25. The molecule has 0 saturated heterocycles. The highest BCUT2D eigenvalue weighted by Gasteiger charge is 2.41. The molecule has 2 heterocycles. The number of hydrogen-bond donors (Lipinski definition) is 1. The Balaban J connectivity index is 1.52. The fourth-order valence-corrected chi connectivity index (χ4v) is 4.90. The largest absolute Gasteiger partial charge is 0.485 e. The predicted octanol–water partition coefficient (Wildman–Crippen LogP) is 4.85. The number of amides is 2. The minimum atomic E-state index is -1.08. The van der Waals surface area contributed by atoms with Gasteiger partial charge in [-0.05, 0) is 68.3 Å². The molecule has 0 unspecified atom stereocenters. The molecule has 2 aromatic carbocycles. The number of anilines is 1. The molecule has 192 valence electrons.